The number of H-pyrrole nitrogens is 1. The number of hydrogen-bond acceptors (Lipinski definition) is 2. The highest BCUT2D eigenvalue weighted by atomic mass is 79.9. The molecule has 4 heteroatoms. The van der Waals surface area contributed by atoms with Gasteiger partial charge in [-0.3, -0.25) is 5.10 Å². The molecule has 0 saturated heterocycles. The van der Waals surface area contributed by atoms with Crippen molar-refractivity contribution in [2.24, 2.45) is 0 Å². The minimum absolute atomic E-state index is 0.857. The van der Waals surface area contributed by atoms with E-state index in [0.29, 0.717) is 0 Å². The molecule has 0 saturated carbocycles. The summed E-state index contributed by atoms with van der Waals surface area (Å²) in [6.07, 6.45) is 1.67. The monoisotopic (exact) mass is 262 g/mol. The number of nitrogens with zero attached hydrogens (tertiary/aromatic N) is 1. The van der Waals surface area contributed by atoms with Crippen LogP contribution in [0.15, 0.2) is 45.6 Å². The van der Waals surface area contributed by atoms with E-state index in [1.165, 1.54) is 0 Å². The van der Waals surface area contributed by atoms with Gasteiger partial charge in [-0.15, -0.1) is 0 Å². The molecule has 2 aromatic heterocycles. The van der Waals surface area contributed by atoms with Gasteiger partial charge in [0.05, 0.1) is 11.8 Å². The Morgan fingerprint density at radius 3 is 3.00 bits per heavy atom. The van der Waals surface area contributed by atoms with Gasteiger partial charge in [0, 0.05) is 10.9 Å². The molecule has 3 rings (SSSR count). The van der Waals surface area contributed by atoms with Gasteiger partial charge in [0.25, 0.3) is 0 Å². The first-order chi connectivity index (χ1) is 7.34. The lowest BCUT2D eigenvalue weighted by Gasteiger charge is -1.95. The molecule has 0 fully saturated rings. The summed E-state index contributed by atoms with van der Waals surface area (Å²) in [5.74, 6) is 0.857. The zero-order valence-electron chi connectivity index (χ0n) is 7.70. The second-order valence-corrected chi connectivity index (χ2v) is 4.04. The first-order valence-electron chi connectivity index (χ1n) is 4.52. The predicted octanol–water partition coefficient (Wildman–Crippen LogP) is 3.59. The van der Waals surface area contributed by atoms with E-state index in [9.17, 15) is 0 Å². The summed E-state index contributed by atoms with van der Waals surface area (Å²) in [6, 6.07) is 9.83. The minimum Gasteiger partial charge on any atom is -0.464 e. The molecular weight excluding hydrogens is 256 g/mol. The molecular formula is C11H7BrN2O. The number of hydrogen-bond donors (Lipinski definition) is 1. The van der Waals surface area contributed by atoms with Crippen LogP contribution < -0.4 is 0 Å². The van der Waals surface area contributed by atoms with Crippen LogP contribution in [-0.2, 0) is 0 Å². The van der Waals surface area contributed by atoms with Crippen LogP contribution in [0.1, 0.15) is 0 Å². The number of nitrogens with one attached hydrogen (secondary N) is 1. The predicted molar refractivity (Wildman–Crippen MR) is 61.5 cm³/mol. The normalized spacial score (nSPS) is 11.0. The van der Waals surface area contributed by atoms with Gasteiger partial charge in [0.2, 0.25) is 0 Å². The Bertz CT molecular complexity index is 598. The van der Waals surface area contributed by atoms with Gasteiger partial charge in [-0.2, -0.15) is 5.10 Å². The summed E-state index contributed by atoms with van der Waals surface area (Å²) in [5, 5.41) is 8.13. The SMILES string of the molecule is Brc1[nH]nc2cc(-c3ccco3)ccc12. The van der Waals surface area contributed by atoms with Crippen LogP contribution in [0.2, 0.25) is 0 Å². The molecule has 0 spiro atoms. The lowest BCUT2D eigenvalue weighted by Crippen LogP contribution is -1.74. The van der Waals surface area contributed by atoms with Crippen molar-refractivity contribution < 1.29 is 4.42 Å². The second-order valence-electron chi connectivity index (χ2n) is 3.25. The molecule has 0 atom stereocenters. The van der Waals surface area contributed by atoms with E-state index < -0.39 is 0 Å². The molecule has 0 unspecified atom stereocenters. The molecule has 1 aromatic carbocycles. The van der Waals surface area contributed by atoms with Crippen LogP contribution in [0.5, 0.6) is 0 Å². The molecule has 15 heavy (non-hydrogen) atoms. The van der Waals surface area contributed by atoms with Gasteiger partial charge in [-0.05, 0) is 40.2 Å². The zero-order chi connectivity index (χ0) is 10.3. The summed E-state index contributed by atoms with van der Waals surface area (Å²) in [7, 11) is 0. The number of aromatic amines is 1. The highest BCUT2D eigenvalue weighted by Gasteiger charge is 2.05. The maximum Gasteiger partial charge on any atom is 0.133 e. The van der Waals surface area contributed by atoms with E-state index in [0.717, 1.165) is 26.8 Å². The highest BCUT2D eigenvalue weighted by Crippen LogP contribution is 2.27. The molecule has 0 aliphatic rings. The van der Waals surface area contributed by atoms with Gasteiger partial charge in [-0.1, -0.05) is 6.07 Å². The van der Waals surface area contributed by atoms with Crippen LogP contribution >= 0.6 is 15.9 Å². The Morgan fingerprint density at radius 2 is 2.20 bits per heavy atom. The number of benzene rings is 1. The van der Waals surface area contributed by atoms with Crippen LogP contribution in [0.3, 0.4) is 0 Å². The van der Waals surface area contributed by atoms with E-state index in [2.05, 4.69) is 26.1 Å². The van der Waals surface area contributed by atoms with Gasteiger partial charge >= 0.3 is 0 Å². The Balaban J connectivity index is 2.23. The van der Waals surface area contributed by atoms with Crippen LogP contribution in [0.25, 0.3) is 22.2 Å². The molecule has 2 heterocycles. The Morgan fingerprint density at radius 1 is 1.27 bits per heavy atom. The van der Waals surface area contributed by atoms with Crippen molar-refractivity contribution in [2.45, 2.75) is 0 Å². The van der Waals surface area contributed by atoms with Crippen LogP contribution in [0.4, 0.5) is 0 Å². The van der Waals surface area contributed by atoms with Crippen molar-refractivity contribution in [3.8, 4) is 11.3 Å². The molecule has 0 radical (unpaired) electrons. The third-order valence-electron chi connectivity index (χ3n) is 2.31. The average molecular weight is 263 g/mol. The summed E-state index contributed by atoms with van der Waals surface area (Å²) in [4.78, 5) is 0. The molecule has 0 amide bonds. The fraction of sp³-hybridized carbons (Fsp3) is 0. The second kappa shape index (κ2) is 3.24. The van der Waals surface area contributed by atoms with Crippen LogP contribution in [0, 0.1) is 0 Å². The zero-order valence-corrected chi connectivity index (χ0v) is 9.28. The molecule has 0 bridgehead atoms. The first-order valence-corrected chi connectivity index (χ1v) is 5.31. The maximum atomic E-state index is 5.33. The van der Waals surface area contributed by atoms with E-state index in [4.69, 9.17) is 4.42 Å². The summed E-state index contributed by atoms with van der Waals surface area (Å²) >= 11 is 3.40. The first kappa shape index (κ1) is 8.73. The van der Waals surface area contributed by atoms with E-state index in [1.54, 1.807) is 6.26 Å². The minimum atomic E-state index is 0.857. The van der Waals surface area contributed by atoms with Crippen molar-refractivity contribution in [1.29, 1.82) is 0 Å². The third kappa shape index (κ3) is 1.37. The van der Waals surface area contributed by atoms with Gasteiger partial charge in [0.1, 0.15) is 10.4 Å². The van der Waals surface area contributed by atoms with Crippen molar-refractivity contribution >= 4 is 26.8 Å². The molecule has 0 aliphatic heterocycles. The maximum absolute atomic E-state index is 5.33. The van der Waals surface area contributed by atoms with Gasteiger partial charge in [0.15, 0.2) is 0 Å². The van der Waals surface area contributed by atoms with Crippen molar-refractivity contribution in [3.05, 3.63) is 41.2 Å². The average Bonchev–Trinajstić information content (AvgIpc) is 2.88. The summed E-state index contributed by atoms with van der Waals surface area (Å²) in [6.45, 7) is 0. The number of furan rings is 1. The van der Waals surface area contributed by atoms with Gasteiger partial charge < -0.3 is 4.42 Å². The van der Waals surface area contributed by atoms with E-state index in [-0.39, 0.29) is 0 Å². The standard InChI is InChI=1S/C11H7BrN2O/c12-11-8-4-3-7(6-9(8)13-14-11)10-2-1-5-15-10/h1-6H,(H,13,14). The smallest absolute Gasteiger partial charge is 0.133 e. The fourth-order valence-electron chi connectivity index (χ4n) is 1.58. The fourth-order valence-corrected chi connectivity index (χ4v) is 2.00. The molecule has 1 N–H and O–H groups in total. The topological polar surface area (TPSA) is 41.8 Å². The molecule has 0 aliphatic carbocycles. The van der Waals surface area contributed by atoms with E-state index in [1.807, 2.05) is 30.3 Å². The quantitative estimate of drug-likeness (QED) is 0.729. The highest BCUT2D eigenvalue weighted by molar-refractivity contribution is 9.10. The van der Waals surface area contributed by atoms with Crippen molar-refractivity contribution in [3.63, 3.8) is 0 Å². The van der Waals surface area contributed by atoms with Crippen molar-refractivity contribution in [2.75, 3.05) is 0 Å². The number of fused-ring (bicyclic) bond motifs is 1. The van der Waals surface area contributed by atoms with Crippen LogP contribution in [-0.4, -0.2) is 10.2 Å². The summed E-state index contributed by atoms with van der Waals surface area (Å²) < 4.78 is 6.23. The number of aromatic nitrogens is 2. The number of rotatable bonds is 1. The Labute approximate surface area is 94.2 Å². The molecule has 3 nitrogen and oxygen atoms in total. The number of halogens is 1. The van der Waals surface area contributed by atoms with E-state index >= 15 is 0 Å². The largest absolute Gasteiger partial charge is 0.464 e. The molecule has 74 valence electrons. The lowest BCUT2D eigenvalue weighted by atomic mass is 10.1. The Kier molecular flexibility index (Phi) is 1.89. The molecule has 3 aromatic rings. The Hall–Kier alpha value is -1.55. The lowest BCUT2D eigenvalue weighted by molar-refractivity contribution is 0.582. The third-order valence-corrected chi connectivity index (χ3v) is 2.92. The van der Waals surface area contributed by atoms with Crippen molar-refractivity contribution in [1.82, 2.24) is 10.2 Å². The summed E-state index contributed by atoms with van der Waals surface area (Å²) in [5.41, 5.74) is 1.96. The van der Waals surface area contributed by atoms with Gasteiger partial charge in [-0.25, -0.2) is 0 Å².